The van der Waals surface area contributed by atoms with Gasteiger partial charge < -0.3 is 15.2 Å². The third-order valence-electron chi connectivity index (χ3n) is 4.92. The summed E-state index contributed by atoms with van der Waals surface area (Å²) in [6, 6.07) is -0.179. The van der Waals surface area contributed by atoms with Gasteiger partial charge in [0.25, 0.3) is 5.91 Å². The maximum atomic E-state index is 12.4. The number of aryl methyl sites for hydroxylation is 1. The van der Waals surface area contributed by atoms with Crippen LogP contribution < -0.4 is 5.32 Å². The van der Waals surface area contributed by atoms with Gasteiger partial charge in [0.05, 0.1) is 37.3 Å². The van der Waals surface area contributed by atoms with Crippen LogP contribution in [0.3, 0.4) is 0 Å². The molecule has 1 amide bonds. The molecule has 7 heteroatoms. The summed E-state index contributed by atoms with van der Waals surface area (Å²) in [6.07, 6.45) is 6.29. The molecule has 2 aliphatic rings. The molecule has 0 radical (unpaired) electrons. The molecule has 0 unspecified atom stereocenters. The fourth-order valence-electron chi connectivity index (χ4n) is 3.54. The summed E-state index contributed by atoms with van der Waals surface area (Å²) in [7, 11) is 0. The van der Waals surface area contributed by atoms with Crippen LogP contribution in [0.5, 0.6) is 0 Å². The number of nitrogens with zero attached hydrogens (tertiary/aromatic N) is 3. The molecule has 0 bridgehead atoms. The Balaban J connectivity index is 1.66. The summed E-state index contributed by atoms with van der Waals surface area (Å²) >= 11 is 0. The van der Waals surface area contributed by atoms with Gasteiger partial charge >= 0.3 is 0 Å². The molecule has 2 fully saturated rings. The second kappa shape index (κ2) is 8.00. The van der Waals surface area contributed by atoms with Gasteiger partial charge in [0.1, 0.15) is 5.69 Å². The minimum atomic E-state index is -0.576. The Bertz CT molecular complexity index is 545. The van der Waals surface area contributed by atoms with E-state index in [4.69, 9.17) is 4.74 Å². The number of ether oxygens (including phenoxy) is 1. The molecule has 2 N–H and O–H groups in total. The minimum absolute atomic E-state index is 0.0748. The maximum Gasteiger partial charge on any atom is 0.271 e. The molecule has 24 heavy (non-hydrogen) atoms. The lowest BCUT2D eigenvalue weighted by Crippen LogP contribution is -2.55. The van der Waals surface area contributed by atoms with Crippen LogP contribution >= 0.6 is 0 Å². The lowest BCUT2D eigenvalue weighted by molar-refractivity contribution is -0.0308. The molecule has 0 spiro atoms. The average Bonchev–Trinajstić information content (AvgIpc) is 2.78. The van der Waals surface area contributed by atoms with E-state index in [-0.39, 0.29) is 18.0 Å². The number of nitrogens with one attached hydrogen (secondary N) is 1. The van der Waals surface area contributed by atoms with E-state index < -0.39 is 6.10 Å². The highest BCUT2D eigenvalue weighted by molar-refractivity contribution is 5.92. The van der Waals surface area contributed by atoms with Crippen LogP contribution in [0, 0.1) is 6.92 Å². The summed E-state index contributed by atoms with van der Waals surface area (Å²) in [5.74, 6) is -0.269. The van der Waals surface area contributed by atoms with E-state index in [2.05, 4.69) is 20.2 Å². The molecule has 1 aromatic heterocycles. The SMILES string of the molecule is Cc1cnc(C(=O)N[C@@H]2CCCC[C@@H](N3CCOCC3)[C@@H]2O)cn1. The number of aromatic nitrogens is 2. The highest BCUT2D eigenvalue weighted by Gasteiger charge is 2.35. The third kappa shape index (κ3) is 4.09. The van der Waals surface area contributed by atoms with Crippen LogP contribution in [0.4, 0.5) is 0 Å². The summed E-state index contributed by atoms with van der Waals surface area (Å²) in [4.78, 5) is 22.9. The second-order valence-corrected chi connectivity index (χ2v) is 6.61. The van der Waals surface area contributed by atoms with Gasteiger partial charge in [-0.05, 0) is 19.8 Å². The second-order valence-electron chi connectivity index (χ2n) is 6.61. The van der Waals surface area contributed by atoms with Crippen molar-refractivity contribution in [2.75, 3.05) is 26.3 Å². The van der Waals surface area contributed by atoms with Crippen molar-refractivity contribution in [3.05, 3.63) is 23.8 Å². The molecule has 3 atom stereocenters. The van der Waals surface area contributed by atoms with Crippen molar-refractivity contribution < 1.29 is 14.6 Å². The standard InChI is InChI=1S/C17H26N4O3/c1-12-10-19-14(11-18-12)17(23)20-13-4-2-3-5-15(16(13)22)21-6-8-24-9-7-21/h10-11,13,15-16,22H,2-9H2,1H3,(H,20,23)/t13-,15-,16-/m1/s1. The summed E-state index contributed by atoms with van der Waals surface area (Å²) in [6.45, 7) is 4.92. The molecule has 1 aromatic rings. The molecule has 1 saturated carbocycles. The highest BCUT2D eigenvalue weighted by Crippen LogP contribution is 2.24. The first-order valence-corrected chi connectivity index (χ1v) is 8.74. The summed E-state index contributed by atoms with van der Waals surface area (Å²) in [5.41, 5.74) is 1.06. The first kappa shape index (κ1) is 17.3. The van der Waals surface area contributed by atoms with E-state index in [9.17, 15) is 9.90 Å². The molecule has 3 rings (SSSR count). The quantitative estimate of drug-likeness (QED) is 0.784. The smallest absolute Gasteiger partial charge is 0.271 e. The molecular weight excluding hydrogens is 308 g/mol. The van der Waals surface area contributed by atoms with Gasteiger partial charge in [-0.3, -0.25) is 14.7 Å². The predicted octanol–water partition coefficient (Wildman–Crippen LogP) is 0.519. The summed E-state index contributed by atoms with van der Waals surface area (Å²) in [5, 5.41) is 13.8. The molecule has 1 aliphatic heterocycles. The number of rotatable bonds is 3. The largest absolute Gasteiger partial charge is 0.389 e. The lowest BCUT2D eigenvalue weighted by atomic mass is 9.99. The highest BCUT2D eigenvalue weighted by atomic mass is 16.5. The average molecular weight is 334 g/mol. The van der Waals surface area contributed by atoms with Gasteiger partial charge in [0.15, 0.2) is 0 Å². The van der Waals surface area contributed by atoms with Crippen molar-refractivity contribution in [1.82, 2.24) is 20.2 Å². The number of carbonyl (C=O) groups is 1. The van der Waals surface area contributed by atoms with Gasteiger partial charge in [0.2, 0.25) is 0 Å². The Morgan fingerprint density at radius 2 is 2.00 bits per heavy atom. The molecule has 1 aliphatic carbocycles. The van der Waals surface area contributed by atoms with Crippen molar-refractivity contribution in [1.29, 1.82) is 0 Å². The van der Waals surface area contributed by atoms with Crippen molar-refractivity contribution in [2.45, 2.75) is 50.8 Å². The molecule has 0 aromatic carbocycles. The van der Waals surface area contributed by atoms with E-state index in [1.54, 1.807) is 6.20 Å². The van der Waals surface area contributed by atoms with Crippen LogP contribution in [0.2, 0.25) is 0 Å². The third-order valence-corrected chi connectivity index (χ3v) is 4.92. The number of aliphatic hydroxyl groups is 1. The van der Waals surface area contributed by atoms with Gasteiger partial charge in [-0.1, -0.05) is 12.8 Å². The van der Waals surface area contributed by atoms with Crippen molar-refractivity contribution in [2.24, 2.45) is 0 Å². The monoisotopic (exact) mass is 334 g/mol. The number of hydrogen-bond donors (Lipinski definition) is 2. The lowest BCUT2D eigenvalue weighted by Gasteiger charge is -2.38. The van der Waals surface area contributed by atoms with Crippen molar-refractivity contribution >= 4 is 5.91 Å². The normalized spacial score (nSPS) is 29.0. The van der Waals surface area contributed by atoms with Crippen LogP contribution in [-0.2, 0) is 4.74 Å². The van der Waals surface area contributed by atoms with Gasteiger partial charge in [-0.15, -0.1) is 0 Å². The van der Waals surface area contributed by atoms with Crippen LogP contribution in [-0.4, -0.2) is 70.4 Å². The molecule has 7 nitrogen and oxygen atoms in total. The topological polar surface area (TPSA) is 87.6 Å². The van der Waals surface area contributed by atoms with Crippen LogP contribution in [0.15, 0.2) is 12.4 Å². The zero-order chi connectivity index (χ0) is 16.9. The number of hydrogen-bond acceptors (Lipinski definition) is 6. The molecular formula is C17H26N4O3. The fourth-order valence-corrected chi connectivity index (χ4v) is 3.54. The Kier molecular flexibility index (Phi) is 5.76. The first-order valence-electron chi connectivity index (χ1n) is 8.74. The fraction of sp³-hybridized carbons (Fsp3) is 0.706. The number of aliphatic hydroxyl groups excluding tert-OH is 1. The zero-order valence-corrected chi connectivity index (χ0v) is 14.1. The van der Waals surface area contributed by atoms with Gasteiger partial charge in [0, 0.05) is 25.3 Å². The van der Waals surface area contributed by atoms with Crippen LogP contribution in [0.25, 0.3) is 0 Å². The Morgan fingerprint density at radius 1 is 1.25 bits per heavy atom. The number of morpholine rings is 1. The Labute approximate surface area is 142 Å². The molecule has 132 valence electrons. The molecule has 2 heterocycles. The van der Waals surface area contributed by atoms with Gasteiger partial charge in [-0.25, -0.2) is 4.98 Å². The Morgan fingerprint density at radius 3 is 2.71 bits per heavy atom. The predicted molar refractivity (Wildman–Crippen MR) is 88.7 cm³/mol. The van der Waals surface area contributed by atoms with E-state index in [1.807, 2.05) is 6.92 Å². The van der Waals surface area contributed by atoms with Crippen LogP contribution in [0.1, 0.15) is 41.9 Å². The van der Waals surface area contributed by atoms with E-state index in [0.717, 1.165) is 44.5 Å². The first-order chi connectivity index (χ1) is 11.6. The van der Waals surface area contributed by atoms with Crippen molar-refractivity contribution in [3.8, 4) is 0 Å². The maximum absolute atomic E-state index is 12.4. The van der Waals surface area contributed by atoms with E-state index >= 15 is 0 Å². The van der Waals surface area contributed by atoms with E-state index in [1.165, 1.54) is 6.20 Å². The van der Waals surface area contributed by atoms with E-state index in [0.29, 0.717) is 18.9 Å². The molecule has 1 saturated heterocycles. The van der Waals surface area contributed by atoms with Gasteiger partial charge in [-0.2, -0.15) is 0 Å². The minimum Gasteiger partial charge on any atom is -0.389 e. The number of amides is 1. The zero-order valence-electron chi connectivity index (χ0n) is 14.1. The van der Waals surface area contributed by atoms with Crippen molar-refractivity contribution in [3.63, 3.8) is 0 Å². The summed E-state index contributed by atoms with van der Waals surface area (Å²) < 4.78 is 5.41. The number of carbonyl (C=O) groups excluding carboxylic acids is 1. The Hall–Kier alpha value is -1.57.